The summed E-state index contributed by atoms with van der Waals surface area (Å²) in [6.45, 7) is 0. The Morgan fingerprint density at radius 1 is 1.30 bits per heavy atom. The summed E-state index contributed by atoms with van der Waals surface area (Å²) in [7, 11) is 0. The Morgan fingerprint density at radius 2 is 2.15 bits per heavy atom. The summed E-state index contributed by atoms with van der Waals surface area (Å²) < 4.78 is 0. The lowest BCUT2D eigenvalue weighted by molar-refractivity contribution is -0.117. The highest BCUT2D eigenvalue weighted by Gasteiger charge is 2.32. The highest BCUT2D eigenvalue weighted by atomic mass is 35.5. The fourth-order valence-corrected chi connectivity index (χ4v) is 3.55. The van der Waals surface area contributed by atoms with Crippen molar-refractivity contribution in [3.05, 3.63) is 45.8 Å². The van der Waals surface area contributed by atoms with Crippen LogP contribution in [0.4, 0.5) is 10.7 Å². The zero-order valence-electron chi connectivity index (χ0n) is 10.5. The third-order valence-electron chi connectivity index (χ3n) is 3.21. The Bertz CT molecular complexity index is 630. The van der Waals surface area contributed by atoms with Crippen LogP contribution in [0.1, 0.15) is 12.8 Å². The van der Waals surface area contributed by atoms with E-state index in [1.807, 2.05) is 23.6 Å². The molecule has 1 aliphatic heterocycles. The molecule has 1 atom stereocenters. The molecule has 20 heavy (non-hydrogen) atoms. The van der Waals surface area contributed by atoms with Gasteiger partial charge in [0, 0.05) is 11.4 Å². The van der Waals surface area contributed by atoms with Crippen LogP contribution in [0, 0.1) is 0 Å². The Labute approximate surface area is 131 Å². The molecule has 6 heteroatoms. The van der Waals surface area contributed by atoms with Crippen molar-refractivity contribution in [3.63, 3.8) is 0 Å². The lowest BCUT2D eigenvalue weighted by Crippen LogP contribution is -2.37. The average molecular weight is 327 g/mol. The lowest BCUT2D eigenvalue weighted by Gasteiger charge is -2.25. The third kappa shape index (κ3) is 2.64. The molecular formula is C14H12Cl2N2OS. The molecule has 104 valence electrons. The van der Waals surface area contributed by atoms with Gasteiger partial charge in [-0.1, -0.05) is 23.2 Å². The third-order valence-corrected chi connectivity index (χ3v) is 4.62. The summed E-state index contributed by atoms with van der Waals surface area (Å²) in [5.74, 6) is 0.134. The predicted octanol–water partition coefficient (Wildman–Crippen LogP) is 4.62. The van der Waals surface area contributed by atoms with Crippen molar-refractivity contribution in [2.24, 2.45) is 0 Å². The fraction of sp³-hybridized carbons (Fsp3) is 0.214. The van der Waals surface area contributed by atoms with Crippen LogP contribution in [-0.2, 0) is 4.79 Å². The SMILES string of the molecule is O=C1CCC(Nc2ccc(Cl)cc2Cl)N1c1cccs1. The topological polar surface area (TPSA) is 32.3 Å². The summed E-state index contributed by atoms with van der Waals surface area (Å²) in [5, 5.41) is 7.40. The molecule has 2 aromatic rings. The Kier molecular flexibility index (Phi) is 3.87. The molecule has 0 aliphatic carbocycles. The second-order valence-electron chi connectivity index (χ2n) is 4.54. The van der Waals surface area contributed by atoms with E-state index < -0.39 is 0 Å². The smallest absolute Gasteiger partial charge is 0.229 e. The molecule has 0 radical (unpaired) electrons. The highest BCUT2D eigenvalue weighted by molar-refractivity contribution is 7.14. The quantitative estimate of drug-likeness (QED) is 0.892. The average Bonchev–Trinajstić information content (AvgIpc) is 3.02. The highest BCUT2D eigenvalue weighted by Crippen LogP contribution is 2.33. The number of carbonyl (C=O) groups is 1. The number of anilines is 2. The Morgan fingerprint density at radius 3 is 2.85 bits per heavy atom. The van der Waals surface area contributed by atoms with E-state index in [-0.39, 0.29) is 12.1 Å². The van der Waals surface area contributed by atoms with Gasteiger partial charge >= 0.3 is 0 Å². The number of benzene rings is 1. The van der Waals surface area contributed by atoms with E-state index in [2.05, 4.69) is 5.32 Å². The van der Waals surface area contributed by atoms with E-state index in [9.17, 15) is 4.79 Å². The van der Waals surface area contributed by atoms with Crippen LogP contribution in [0.15, 0.2) is 35.7 Å². The molecule has 1 aromatic heterocycles. The maximum atomic E-state index is 12.1. The first-order chi connectivity index (χ1) is 9.65. The molecule has 3 nitrogen and oxygen atoms in total. The van der Waals surface area contributed by atoms with E-state index >= 15 is 0 Å². The molecule has 0 saturated carbocycles. The van der Waals surface area contributed by atoms with Crippen LogP contribution in [-0.4, -0.2) is 12.1 Å². The van der Waals surface area contributed by atoms with Gasteiger partial charge in [0.15, 0.2) is 0 Å². The normalized spacial score (nSPS) is 18.6. The van der Waals surface area contributed by atoms with Crippen LogP contribution < -0.4 is 10.2 Å². The zero-order valence-corrected chi connectivity index (χ0v) is 12.8. The number of hydrogen-bond acceptors (Lipinski definition) is 3. The van der Waals surface area contributed by atoms with Crippen LogP contribution >= 0.6 is 34.5 Å². The van der Waals surface area contributed by atoms with E-state index in [4.69, 9.17) is 23.2 Å². The molecule has 1 saturated heterocycles. The number of thiophene rings is 1. The van der Waals surface area contributed by atoms with Crippen LogP contribution in [0.5, 0.6) is 0 Å². The summed E-state index contributed by atoms with van der Waals surface area (Å²) >= 11 is 13.6. The maximum absolute atomic E-state index is 12.1. The van der Waals surface area contributed by atoms with Gasteiger partial charge in [-0.2, -0.15) is 0 Å². The number of nitrogens with zero attached hydrogens (tertiary/aromatic N) is 1. The number of rotatable bonds is 3. The van der Waals surface area contributed by atoms with Crippen molar-refractivity contribution in [2.45, 2.75) is 19.0 Å². The molecule has 1 unspecified atom stereocenters. The standard InChI is InChI=1S/C14H12Cl2N2OS/c15-9-3-4-11(10(16)8-9)17-12-5-6-13(19)18(12)14-2-1-7-20-14/h1-4,7-8,12,17H,5-6H2. The number of amides is 1. The van der Waals surface area contributed by atoms with Crippen molar-refractivity contribution in [1.29, 1.82) is 0 Å². The molecule has 0 spiro atoms. The lowest BCUT2D eigenvalue weighted by atomic mass is 10.2. The fourth-order valence-electron chi connectivity index (χ4n) is 2.29. The zero-order chi connectivity index (χ0) is 14.1. The minimum Gasteiger partial charge on any atom is -0.364 e. The molecule has 1 aliphatic rings. The van der Waals surface area contributed by atoms with Crippen molar-refractivity contribution >= 4 is 51.1 Å². The van der Waals surface area contributed by atoms with Gasteiger partial charge in [-0.25, -0.2) is 0 Å². The van der Waals surface area contributed by atoms with Crippen LogP contribution in [0.3, 0.4) is 0 Å². The van der Waals surface area contributed by atoms with Gasteiger partial charge in [-0.05, 0) is 42.1 Å². The second-order valence-corrected chi connectivity index (χ2v) is 6.31. The predicted molar refractivity (Wildman–Crippen MR) is 84.9 cm³/mol. The van der Waals surface area contributed by atoms with Crippen molar-refractivity contribution in [3.8, 4) is 0 Å². The first kappa shape index (κ1) is 13.7. The molecule has 1 N–H and O–H groups in total. The largest absolute Gasteiger partial charge is 0.364 e. The number of hydrogen-bond donors (Lipinski definition) is 1. The van der Waals surface area contributed by atoms with Gasteiger partial charge in [0.1, 0.15) is 6.17 Å². The van der Waals surface area contributed by atoms with Gasteiger partial charge < -0.3 is 5.32 Å². The first-order valence-electron chi connectivity index (χ1n) is 6.22. The van der Waals surface area contributed by atoms with E-state index in [1.165, 1.54) is 0 Å². The van der Waals surface area contributed by atoms with Gasteiger partial charge in [-0.15, -0.1) is 11.3 Å². The van der Waals surface area contributed by atoms with Crippen LogP contribution in [0.2, 0.25) is 10.0 Å². The Hall–Kier alpha value is -1.23. The molecular weight excluding hydrogens is 315 g/mol. The molecule has 3 rings (SSSR count). The molecule has 0 bridgehead atoms. The monoisotopic (exact) mass is 326 g/mol. The van der Waals surface area contributed by atoms with Gasteiger partial charge in [0.05, 0.1) is 15.7 Å². The minimum atomic E-state index is -0.0696. The maximum Gasteiger partial charge on any atom is 0.229 e. The molecule has 1 amide bonds. The first-order valence-corrected chi connectivity index (χ1v) is 7.86. The minimum absolute atomic E-state index is 0.0696. The van der Waals surface area contributed by atoms with E-state index in [0.29, 0.717) is 16.5 Å². The summed E-state index contributed by atoms with van der Waals surface area (Å²) in [5.41, 5.74) is 0.789. The van der Waals surface area contributed by atoms with E-state index in [1.54, 1.807) is 28.4 Å². The van der Waals surface area contributed by atoms with Gasteiger partial charge in [-0.3, -0.25) is 9.69 Å². The van der Waals surface area contributed by atoms with Crippen molar-refractivity contribution < 1.29 is 4.79 Å². The second kappa shape index (κ2) is 5.64. The van der Waals surface area contributed by atoms with Crippen LogP contribution in [0.25, 0.3) is 0 Å². The Balaban J connectivity index is 1.84. The van der Waals surface area contributed by atoms with Crippen molar-refractivity contribution in [2.75, 3.05) is 10.2 Å². The van der Waals surface area contributed by atoms with E-state index in [0.717, 1.165) is 17.1 Å². The summed E-state index contributed by atoms with van der Waals surface area (Å²) in [6.07, 6.45) is 1.23. The number of halogens is 2. The molecule has 1 aromatic carbocycles. The van der Waals surface area contributed by atoms with Crippen molar-refractivity contribution in [1.82, 2.24) is 0 Å². The molecule has 2 heterocycles. The van der Waals surface area contributed by atoms with Gasteiger partial charge in [0.2, 0.25) is 5.91 Å². The number of nitrogens with one attached hydrogen (secondary N) is 1. The molecule has 1 fully saturated rings. The number of carbonyl (C=O) groups excluding carboxylic acids is 1. The van der Waals surface area contributed by atoms with Gasteiger partial charge in [0.25, 0.3) is 0 Å². The summed E-state index contributed by atoms with van der Waals surface area (Å²) in [4.78, 5) is 13.9. The summed E-state index contributed by atoms with van der Waals surface area (Å²) in [6, 6.07) is 9.20.